The van der Waals surface area contributed by atoms with Gasteiger partial charge in [0.1, 0.15) is 0 Å². The maximum absolute atomic E-state index is 6.52. The van der Waals surface area contributed by atoms with Gasteiger partial charge >= 0.3 is 0 Å². The number of nitrogens with zero attached hydrogens (tertiary/aromatic N) is 2. The van der Waals surface area contributed by atoms with E-state index < -0.39 is 0 Å². The van der Waals surface area contributed by atoms with Crippen molar-refractivity contribution >= 4 is 28.3 Å². The van der Waals surface area contributed by atoms with Crippen LogP contribution in [0, 0.1) is 11.8 Å². The molecule has 0 radical (unpaired) electrons. The van der Waals surface area contributed by atoms with Crippen molar-refractivity contribution in [1.29, 1.82) is 0 Å². The lowest BCUT2D eigenvalue weighted by Gasteiger charge is -2.46. The lowest BCUT2D eigenvalue weighted by Crippen LogP contribution is -2.52. The molecule has 0 amide bonds. The van der Waals surface area contributed by atoms with Crippen molar-refractivity contribution < 1.29 is 0 Å². The number of amidine groups is 1. The molecular formula is C26H31N3S2. The first-order valence-corrected chi connectivity index (χ1v) is 13.1. The molecule has 1 spiro atoms. The van der Waals surface area contributed by atoms with Crippen LogP contribution in [0.15, 0.2) is 40.7 Å². The zero-order chi connectivity index (χ0) is 21.5. The fourth-order valence-corrected chi connectivity index (χ4v) is 8.57. The normalized spacial score (nSPS) is 30.9. The molecule has 0 bridgehead atoms. The van der Waals surface area contributed by atoms with Crippen molar-refractivity contribution in [1.82, 2.24) is 4.90 Å². The maximum Gasteiger partial charge on any atom is 0.155 e. The standard InChI is InChI=1S/C26H31N3S2/c1-3-8-19-9-6-10-20(15-19)21-16-23(30-17-21)25(2)18-26(31-24(27)28-25)12-7-11-22(26)29-13-4-5-14-29/h6,9-10,15-17,22H,4-5,7,11-14,18H2,1-2H3,(H2,27,28). The molecule has 1 aromatic carbocycles. The Kier molecular flexibility index (Phi) is 5.66. The van der Waals surface area contributed by atoms with Gasteiger partial charge in [-0.1, -0.05) is 36.2 Å². The third-order valence-electron chi connectivity index (χ3n) is 7.17. The second-order valence-electron chi connectivity index (χ2n) is 9.37. The van der Waals surface area contributed by atoms with Gasteiger partial charge in [0.2, 0.25) is 0 Å². The molecule has 1 aromatic heterocycles. The minimum absolute atomic E-state index is 0.200. The van der Waals surface area contributed by atoms with E-state index in [4.69, 9.17) is 10.7 Å². The molecule has 2 aliphatic heterocycles. The molecule has 5 rings (SSSR count). The summed E-state index contributed by atoms with van der Waals surface area (Å²) in [4.78, 5) is 9.12. The Labute approximate surface area is 194 Å². The number of hydrogen-bond acceptors (Lipinski definition) is 5. The fourth-order valence-electron chi connectivity index (χ4n) is 5.88. The van der Waals surface area contributed by atoms with E-state index in [0.29, 0.717) is 6.04 Å². The SMILES string of the molecule is CC#Cc1cccc(-c2csc(C3(C)CC4(CCCC4N4CCCC4)SC(N)=N3)c2)c1. The second kappa shape index (κ2) is 8.31. The topological polar surface area (TPSA) is 41.6 Å². The molecule has 1 aliphatic carbocycles. The number of benzene rings is 1. The van der Waals surface area contributed by atoms with Gasteiger partial charge in [0, 0.05) is 21.2 Å². The number of hydrogen-bond donors (Lipinski definition) is 1. The molecule has 3 nitrogen and oxygen atoms in total. The summed E-state index contributed by atoms with van der Waals surface area (Å²) >= 11 is 3.70. The van der Waals surface area contributed by atoms with Gasteiger partial charge in [-0.3, -0.25) is 9.89 Å². The summed E-state index contributed by atoms with van der Waals surface area (Å²) in [6.45, 7) is 6.69. The van der Waals surface area contributed by atoms with Gasteiger partial charge in [0.15, 0.2) is 5.17 Å². The average Bonchev–Trinajstić information content (AvgIpc) is 3.49. The van der Waals surface area contributed by atoms with E-state index in [2.05, 4.69) is 59.4 Å². The van der Waals surface area contributed by atoms with Gasteiger partial charge in [-0.15, -0.1) is 17.3 Å². The highest BCUT2D eigenvalue weighted by atomic mass is 32.2. The van der Waals surface area contributed by atoms with Crippen LogP contribution in [0.3, 0.4) is 0 Å². The molecule has 1 saturated carbocycles. The first-order valence-electron chi connectivity index (χ1n) is 11.4. The Morgan fingerprint density at radius 2 is 2.00 bits per heavy atom. The number of nitrogens with two attached hydrogens (primary N) is 1. The fraction of sp³-hybridized carbons (Fsp3) is 0.500. The van der Waals surface area contributed by atoms with Crippen molar-refractivity contribution in [3.8, 4) is 23.0 Å². The molecule has 3 aliphatic rings. The predicted octanol–water partition coefficient (Wildman–Crippen LogP) is 5.84. The van der Waals surface area contributed by atoms with E-state index in [1.54, 1.807) is 0 Å². The zero-order valence-corrected chi connectivity index (χ0v) is 20.1. The monoisotopic (exact) mass is 449 g/mol. The Bertz CT molecular complexity index is 1060. The van der Waals surface area contributed by atoms with Crippen molar-refractivity contribution in [2.75, 3.05) is 13.1 Å². The van der Waals surface area contributed by atoms with Gasteiger partial charge < -0.3 is 5.73 Å². The van der Waals surface area contributed by atoms with Crippen molar-refractivity contribution in [3.05, 3.63) is 46.2 Å². The summed E-state index contributed by atoms with van der Waals surface area (Å²) in [7, 11) is 0. The second-order valence-corrected chi connectivity index (χ2v) is 11.7. The average molecular weight is 450 g/mol. The highest BCUT2D eigenvalue weighted by Gasteiger charge is 2.53. The molecule has 5 heteroatoms. The molecule has 3 heterocycles. The van der Waals surface area contributed by atoms with Crippen LogP contribution in [-0.4, -0.2) is 33.9 Å². The van der Waals surface area contributed by atoms with Crippen LogP contribution in [0.2, 0.25) is 0 Å². The summed E-state index contributed by atoms with van der Waals surface area (Å²) in [5.41, 5.74) is 9.81. The summed E-state index contributed by atoms with van der Waals surface area (Å²) in [5.74, 6) is 6.17. The molecule has 2 aromatic rings. The minimum Gasteiger partial charge on any atom is -0.378 e. The lowest BCUT2D eigenvalue weighted by molar-refractivity contribution is 0.192. The summed E-state index contributed by atoms with van der Waals surface area (Å²) < 4.78 is 0.200. The number of likely N-dealkylation sites (tertiary alicyclic amines) is 1. The van der Waals surface area contributed by atoms with E-state index >= 15 is 0 Å². The van der Waals surface area contributed by atoms with Gasteiger partial charge in [-0.2, -0.15) is 0 Å². The van der Waals surface area contributed by atoms with Crippen LogP contribution in [0.5, 0.6) is 0 Å². The van der Waals surface area contributed by atoms with E-state index in [1.165, 1.54) is 61.2 Å². The van der Waals surface area contributed by atoms with Crippen LogP contribution >= 0.6 is 23.1 Å². The lowest BCUT2D eigenvalue weighted by atomic mass is 9.83. The van der Waals surface area contributed by atoms with E-state index in [0.717, 1.165) is 17.2 Å². The molecule has 1 saturated heterocycles. The van der Waals surface area contributed by atoms with E-state index in [9.17, 15) is 0 Å². The Morgan fingerprint density at radius 1 is 1.16 bits per heavy atom. The molecular weight excluding hydrogens is 418 g/mol. The third-order valence-corrected chi connectivity index (χ3v) is 9.68. The third kappa shape index (κ3) is 3.95. The summed E-state index contributed by atoms with van der Waals surface area (Å²) in [5, 5.41) is 3.04. The van der Waals surface area contributed by atoms with Crippen LogP contribution in [0.4, 0.5) is 0 Å². The number of thioether (sulfide) groups is 1. The number of rotatable bonds is 3. The molecule has 3 atom stereocenters. The predicted molar refractivity (Wildman–Crippen MR) is 135 cm³/mol. The quantitative estimate of drug-likeness (QED) is 0.599. The first kappa shape index (κ1) is 21.1. The number of aliphatic imine (C=N–C) groups is 1. The van der Waals surface area contributed by atoms with E-state index in [-0.39, 0.29) is 10.3 Å². The minimum atomic E-state index is -0.249. The largest absolute Gasteiger partial charge is 0.378 e. The van der Waals surface area contributed by atoms with E-state index in [1.807, 2.05) is 30.0 Å². The zero-order valence-electron chi connectivity index (χ0n) is 18.5. The Balaban J connectivity index is 1.46. The summed E-state index contributed by atoms with van der Waals surface area (Å²) in [6, 6.07) is 11.5. The Morgan fingerprint density at radius 3 is 2.81 bits per heavy atom. The van der Waals surface area contributed by atoms with Crippen LogP contribution in [0.25, 0.3) is 11.1 Å². The van der Waals surface area contributed by atoms with Gasteiger partial charge in [0.05, 0.1) is 5.54 Å². The van der Waals surface area contributed by atoms with Crippen molar-refractivity contribution in [3.63, 3.8) is 0 Å². The molecule has 2 fully saturated rings. The smallest absolute Gasteiger partial charge is 0.155 e. The molecule has 162 valence electrons. The summed E-state index contributed by atoms with van der Waals surface area (Å²) in [6.07, 6.45) is 7.62. The van der Waals surface area contributed by atoms with Crippen molar-refractivity contribution in [2.45, 2.75) is 68.7 Å². The first-order chi connectivity index (χ1) is 15.0. The van der Waals surface area contributed by atoms with Gasteiger partial charge in [0.25, 0.3) is 0 Å². The molecule has 31 heavy (non-hydrogen) atoms. The van der Waals surface area contributed by atoms with Crippen molar-refractivity contribution in [2.24, 2.45) is 10.7 Å². The maximum atomic E-state index is 6.52. The molecule has 3 unspecified atom stereocenters. The van der Waals surface area contributed by atoms with Gasteiger partial charge in [-0.25, -0.2) is 0 Å². The van der Waals surface area contributed by atoms with Crippen LogP contribution < -0.4 is 5.73 Å². The number of thiophene rings is 1. The highest BCUT2D eigenvalue weighted by molar-refractivity contribution is 8.15. The highest BCUT2D eigenvalue weighted by Crippen LogP contribution is 2.55. The van der Waals surface area contributed by atoms with Crippen LogP contribution in [-0.2, 0) is 5.54 Å². The molecule has 2 N–H and O–H groups in total. The van der Waals surface area contributed by atoms with Gasteiger partial charge in [-0.05, 0) is 93.7 Å². The Hall–Kier alpha value is -1.74. The van der Waals surface area contributed by atoms with Crippen LogP contribution in [0.1, 0.15) is 62.8 Å².